The molecular formula is C19H19N3O2. The summed E-state index contributed by atoms with van der Waals surface area (Å²) in [7, 11) is 3.31. The molecule has 1 amide bonds. The van der Waals surface area contributed by atoms with Crippen molar-refractivity contribution in [2.75, 3.05) is 7.05 Å². The van der Waals surface area contributed by atoms with Gasteiger partial charge in [-0.15, -0.1) is 0 Å². The van der Waals surface area contributed by atoms with Crippen molar-refractivity contribution in [1.29, 1.82) is 0 Å². The summed E-state index contributed by atoms with van der Waals surface area (Å²) >= 11 is 0. The summed E-state index contributed by atoms with van der Waals surface area (Å²) in [6, 6.07) is 16.8. The smallest absolute Gasteiger partial charge is 0.275 e. The molecule has 5 heteroatoms. The van der Waals surface area contributed by atoms with E-state index >= 15 is 0 Å². The first-order valence-electron chi connectivity index (χ1n) is 7.79. The lowest BCUT2D eigenvalue weighted by atomic mass is 10.1. The molecule has 1 heterocycles. The molecule has 1 aromatic heterocycles. The van der Waals surface area contributed by atoms with Gasteiger partial charge in [-0.25, -0.2) is 4.68 Å². The van der Waals surface area contributed by atoms with Gasteiger partial charge in [-0.2, -0.15) is 5.10 Å². The van der Waals surface area contributed by atoms with Gasteiger partial charge in [0.15, 0.2) is 5.69 Å². The van der Waals surface area contributed by atoms with Crippen LogP contribution in [0.4, 0.5) is 0 Å². The molecule has 0 bridgehead atoms. The van der Waals surface area contributed by atoms with Gasteiger partial charge in [0.1, 0.15) is 0 Å². The number of aryl methyl sites for hydroxylation is 1. The lowest BCUT2D eigenvalue weighted by Crippen LogP contribution is -2.33. The second-order valence-corrected chi connectivity index (χ2v) is 5.83. The second-order valence-electron chi connectivity index (χ2n) is 5.83. The fourth-order valence-corrected chi connectivity index (χ4v) is 2.76. The quantitative estimate of drug-likeness (QED) is 0.745. The number of carbonyl (C=O) groups is 1. The SMILES string of the molecule is C[C@H](c1ccccc1)N(C)C(=O)c1nn(C)c(=O)c2ccccc12. The summed E-state index contributed by atoms with van der Waals surface area (Å²) in [6.07, 6.45) is 0. The van der Waals surface area contributed by atoms with Crippen molar-refractivity contribution in [3.05, 3.63) is 76.2 Å². The highest BCUT2D eigenvalue weighted by Crippen LogP contribution is 2.22. The number of fused-ring (bicyclic) bond motifs is 1. The molecule has 0 fully saturated rings. The summed E-state index contributed by atoms with van der Waals surface area (Å²) in [6.45, 7) is 1.97. The maximum atomic E-state index is 13.0. The lowest BCUT2D eigenvalue weighted by molar-refractivity contribution is 0.0736. The van der Waals surface area contributed by atoms with Gasteiger partial charge in [-0.1, -0.05) is 48.5 Å². The van der Waals surface area contributed by atoms with Crippen molar-refractivity contribution in [1.82, 2.24) is 14.7 Å². The second kappa shape index (κ2) is 6.28. The Balaban J connectivity index is 2.06. The highest BCUT2D eigenvalue weighted by atomic mass is 16.2. The zero-order valence-corrected chi connectivity index (χ0v) is 13.9. The van der Waals surface area contributed by atoms with Gasteiger partial charge in [0.05, 0.1) is 11.4 Å². The largest absolute Gasteiger partial charge is 0.334 e. The van der Waals surface area contributed by atoms with E-state index in [2.05, 4.69) is 5.10 Å². The average Bonchev–Trinajstić information content (AvgIpc) is 2.63. The van der Waals surface area contributed by atoms with Gasteiger partial charge in [-0.05, 0) is 18.6 Å². The van der Waals surface area contributed by atoms with E-state index in [4.69, 9.17) is 0 Å². The van der Waals surface area contributed by atoms with Crippen molar-refractivity contribution in [2.24, 2.45) is 7.05 Å². The third-order valence-electron chi connectivity index (χ3n) is 4.34. The van der Waals surface area contributed by atoms with Gasteiger partial charge in [0.25, 0.3) is 11.5 Å². The van der Waals surface area contributed by atoms with Crippen molar-refractivity contribution in [2.45, 2.75) is 13.0 Å². The number of nitrogens with zero attached hydrogens (tertiary/aromatic N) is 3. The topological polar surface area (TPSA) is 55.2 Å². The highest BCUT2D eigenvalue weighted by molar-refractivity contribution is 6.04. The Labute approximate surface area is 140 Å². The van der Waals surface area contributed by atoms with Crippen molar-refractivity contribution in [3.63, 3.8) is 0 Å². The van der Waals surface area contributed by atoms with Crippen LogP contribution in [0.1, 0.15) is 29.0 Å². The van der Waals surface area contributed by atoms with Crippen LogP contribution in [0.25, 0.3) is 10.8 Å². The van der Waals surface area contributed by atoms with E-state index in [-0.39, 0.29) is 23.2 Å². The number of carbonyl (C=O) groups excluding carboxylic acids is 1. The van der Waals surface area contributed by atoms with E-state index < -0.39 is 0 Å². The van der Waals surface area contributed by atoms with Crippen LogP contribution in [0.5, 0.6) is 0 Å². The Kier molecular flexibility index (Phi) is 4.16. The van der Waals surface area contributed by atoms with Gasteiger partial charge in [0, 0.05) is 19.5 Å². The fraction of sp³-hybridized carbons (Fsp3) is 0.211. The monoisotopic (exact) mass is 321 g/mol. The van der Waals surface area contributed by atoms with Crippen LogP contribution in [-0.2, 0) is 7.05 Å². The molecule has 0 aliphatic rings. The minimum atomic E-state index is -0.210. The van der Waals surface area contributed by atoms with Crippen LogP contribution in [0.15, 0.2) is 59.4 Å². The van der Waals surface area contributed by atoms with Crippen LogP contribution in [-0.4, -0.2) is 27.6 Å². The Morgan fingerprint density at radius 2 is 1.62 bits per heavy atom. The molecule has 0 aliphatic carbocycles. The molecule has 5 nitrogen and oxygen atoms in total. The summed E-state index contributed by atoms with van der Waals surface area (Å²) in [4.78, 5) is 26.8. The molecule has 0 saturated heterocycles. The number of hydrogen-bond acceptors (Lipinski definition) is 3. The van der Waals surface area contributed by atoms with Gasteiger partial charge >= 0.3 is 0 Å². The summed E-state index contributed by atoms with van der Waals surface area (Å²) in [5.74, 6) is -0.210. The molecule has 2 aromatic carbocycles. The van der Waals surface area contributed by atoms with Crippen molar-refractivity contribution >= 4 is 16.7 Å². The molecule has 1 atom stereocenters. The third-order valence-corrected chi connectivity index (χ3v) is 4.34. The maximum absolute atomic E-state index is 13.0. The van der Waals surface area contributed by atoms with E-state index in [1.807, 2.05) is 37.3 Å². The molecule has 0 aliphatic heterocycles. The lowest BCUT2D eigenvalue weighted by Gasteiger charge is -2.25. The first kappa shape index (κ1) is 15.9. The molecule has 0 unspecified atom stereocenters. The van der Waals surface area contributed by atoms with Gasteiger partial charge in [0.2, 0.25) is 0 Å². The summed E-state index contributed by atoms with van der Waals surface area (Å²) in [5, 5.41) is 5.29. The molecule has 3 aromatic rings. The molecule has 0 radical (unpaired) electrons. The normalized spacial score (nSPS) is 12.1. The van der Waals surface area contributed by atoms with Crippen LogP contribution >= 0.6 is 0 Å². The van der Waals surface area contributed by atoms with Gasteiger partial charge < -0.3 is 4.90 Å². The number of rotatable bonds is 3. The van der Waals surface area contributed by atoms with E-state index in [9.17, 15) is 9.59 Å². The summed E-state index contributed by atoms with van der Waals surface area (Å²) in [5.41, 5.74) is 1.13. The Hall–Kier alpha value is -2.95. The number of aromatic nitrogens is 2. The number of benzene rings is 2. The van der Waals surface area contributed by atoms with E-state index in [0.717, 1.165) is 5.56 Å². The number of hydrogen-bond donors (Lipinski definition) is 0. The molecule has 0 spiro atoms. The Morgan fingerprint density at radius 1 is 1.04 bits per heavy atom. The first-order chi connectivity index (χ1) is 11.5. The predicted octanol–water partition coefficient (Wildman–Crippen LogP) is 2.77. The van der Waals surface area contributed by atoms with E-state index in [1.54, 1.807) is 43.3 Å². The minimum Gasteiger partial charge on any atom is -0.334 e. The molecule has 122 valence electrons. The van der Waals surface area contributed by atoms with Crippen LogP contribution < -0.4 is 5.56 Å². The standard InChI is InChI=1S/C19H19N3O2/c1-13(14-9-5-4-6-10-14)21(2)19(24)17-15-11-7-8-12-16(15)18(23)22(3)20-17/h4-13H,1-3H3/t13-/m1/s1. The van der Waals surface area contributed by atoms with E-state index in [1.165, 1.54) is 4.68 Å². The molecule has 24 heavy (non-hydrogen) atoms. The zero-order valence-electron chi connectivity index (χ0n) is 13.9. The number of amides is 1. The zero-order chi connectivity index (χ0) is 17.3. The molecule has 3 rings (SSSR count). The molecular weight excluding hydrogens is 302 g/mol. The predicted molar refractivity (Wildman–Crippen MR) is 93.9 cm³/mol. The minimum absolute atomic E-state index is 0.100. The van der Waals surface area contributed by atoms with Crippen LogP contribution in [0.2, 0.25) is 0 Å². The van der Waals surface area contributed by atoms with Crippen molar-refractivity contribution in [3.8, 4) is 0 Å². The Bertz CT molecular complexity index is 948. The van der Waals surface area contributed by atoms with E-state index in [0.29, 0.717) is 10.8 Å². The molecule has 0 N–H and O–H groups in total. The molecule has 0 saturated carbocycles. The maximum Gasteiger partial charge on any atom is 0.275 e. The van der Waals surface area contributed by atoms with Crippen LogP contribution in [0, 0.1) is 0 Å². The first-order valence-corrected chi connectivity index (χ1v) is 7.79. The van der Waals surface area contributed by atoms with Crippen LogP contribution in [0.3, 0.4) is 0 Å². The fourth-order valence-electron chi connectivity index (χ4n) is 2.76. The third kappa shape index (κ3) is 2.69. The van der Waals surface area contributed by atoms with Gasteiger partial charge in [-0.3, -0.25) is 9.59 Å². The highest BCUT2D eigenvalue weighted by Gasteiger charge is 2.23. The average molecular weight is 321 g/mol. The summed E-state index contributed by atoms with van der Waals surface area (Å²) < 4.78 is 1.22. The van der Waals surface area contributed by atoms with Crippen molar-refractivity contribution < 1.29 is 4.79 Å². The Morgan fingerprint density at radius 3 is 2.29 bits per heavy atom.